The van der Waals surface area contributed by atoms with Gasteiger partial charge in [-0.25, -0.2) is 9.78 Å². The minimum atomic E-state index is -1.18. The lowest BCUT2D eigenvalue weighted by Crippen LogP contribution is -2.45. The molecule has 5 aromatic rings. The number of carboxylic acid groups (broad SMARTS) is 1. The maximum absolute atomic E-state index is 13.8. The minimum absolute atomic E-state index is 0.423. The summed E-state index contributed by atoms with van der Waals surface area (Å²) in [5.41, 5.74) is 3.41. The van der Waals surface area contributed by atoms with Crippen LogP contribution in [-0.2, 0) is 4.79 Å². The van der Waals surface area contributed by atoms with Crippen LogP contribution >= 0.6 is 0 Å². The second kappa shape index (κ2) is 9.16. The normalized spacial score (nSPS) is 12.0. The molecule has 0 unspecified atom stereocenters. The minimum Gasteiger partial charge on any atom is -0.480 e. The first-order chi connectivity index (χ1) is 16.6. The van der Waals surface area contributed by atoms with E-state index in [1.165, 1.54) is 0 Å². The quantitative estimate of drug-likeness (QED) is 0.342. The summed E-state index contributed by atoms with van der Waals surface area (Å²) in [6, 6.07) is 32.4. The van der Waals surface area contributed by atoms with Crippen molar-refractivity contribution < 1.29 is 14.7 Å². The predicted molar refractivity (Wildman–Crippen MR) is 133 cm³/mol. The van der Waals surface area contributed by atoms with Gasteiger partial charge >= 0.3 is 5.97 Å². The molecule has 2 N–H and O–H groups in total. The molecule has 0 radical (unpaired) electrons. The number of aliphatic carboxylic acids is 1. The van der Waals surface area contributed by atoms with Crippen LogP contribution in [0.1, 0.15) is 27.4 Å². The van der Waals surface area contributed by atoms with E-state index in [9.17, 15) is 14.7 Å². The van der Waals surface area contributed by atoms with Gasteiger partial charge in [0.25, 0.3) is 5.91 Å². The number of fused-ring (bicyclic) bond motifs is 2. The van der Waals surface area contributed by atoms with E-state index in [2.05, 4.69) is 10.3 Å². The molecule has 4 aromatic carbocycles. The molecule has 0 spiro atoms. The van der Waals surface area contributed by atoms with Crippen LogP contribution in [0.2, 0.25) is 0 Å². The van der Waals surface area contributed by atoms with Gasteiger partial charge in [0.15, 0.2) is 0 Å². The number of amides is 1. The zero-order chi connectivity index (χ0) is 23.5. The lowest BCUT2D eigenvalue weighted by atomic mass is 9.84. The molecule has 5 rings (SSSR count). The van der Waals surface area contributed by atoms with Crippen molar-refractivity contribution in [2.24, 2.45) is 0 Å². The average Bonchev–Trinajstić information content (AvgIpc) is 2.88. The molecule has 5 heteroatoms. The number of nitrogens with zero attached hydrogens (tertiary/aromatic N) is 1. The Morgan fingerprint density at radius 2 is 1.09 bits per heavy atom. The van der Waals surface area contributed by atoms with E-state index >= 15 is 0 Å². The molecular formula is C29H22N2O3. The average molecular weight is 447 g/mol. The Balaban J connectivity index is 1.63. The molecule has 0 aliphatic carbocycles. The van der Waals surface area contributed by atoms with E-state index < -0.39 is 23.8 Å². The number of pyridine rings is 1. The molecule has 1 amide bonds. The van der Waals surface area contributed by atoms with Gasteiger partial charge in [-0.1, -0.05) is 97.1 Å². The van der Waals surface area contributed by atoms with E-state index in [-0.39, 0.29) is 0 Å². The molecule has 0 aliphatic rings. The van der Waals surface area contributed by atoms with E-state index in [0.717, 1.165) is 11.1 Å². The van der Waals surface area contributed by atoms with Crippen LogP contribution in [0.5, 0.6) is 0 Å². The van der Waals surface area contributed by atoms with E-state index in [4.69, 9.17) is 0 Å². The smallest absolute Gasteiger partial charge is 0.327 e. The summed E-state index contributed by atoms with van der Waals surface area (Å²) in [7, 11) is 0. The van der Waals surface area contributed by atoms with Crippen LogP contribution in [-0.4, -0.2) is 28.0 Å². The van der Waals surface area contributed by atoms with Crippen LogP contribution in [0.3, 0.4) is 0 Å². The molecule has 0 bridgehead atoms. The first-order valence-electron chi connectivity index (χ1n) is 11.0. The van der Waals surface area contributed by atoms with Gasteiger partial charge in [0.1, 0.15) is 6.04 Å². The lowest BCUT2D eigenvalue weighted by molar-refractivity contribution is -0.139. The number of hydrogen-bond acceptors (Lipinski definition) is 3. The number of carbonyl (C=O) groups excluding carboxylic acids is 1. The highest BCUT2D eigenvalue weighted by Crippen LogP contribution is 2.30. The van der Waals surface area contributed by atoms with Gasteiger partial charge in [-0.2, -0.15) is 0 Å². The Hall–Kier alpha value is -4.51. The predicted octanol–water partition coefficient (Wildman–Crippen LogP) is 5.40. The molecule has 5 nitrogen and oxygen atoms in total. The fourth-order valence-corrected chi connectivity index (χ4v) is 4.48. The fourth-order valence-electron chi connectivity index (χ4n) is 4.48. The topological polar surface area (TPSA) is 79.3 Å². The van der Waals surface area contributed by atoms with Crippen molar-refractivity contribution in [3.63, 3.8) is 0 Å². The van der Waals surface area contributed by atoms with Crippen molar-refractivity contribution in [1.29, 1.82) is 0 Å². The van der Waals surface area contributed by atoms with Gasteiger partial charge < -0.3 is 10.4 Å². The van der Waals surface area contributed by atoms with E-state index in [0.29, 0.717) is 27.4 Å². The standard InChI is InChI=1S/C29H22N2O3/c32-28(26-21-15-7-9-17-23(21)30-24-18-10-8-16-22(24)26)31-27(29(33)34)25(19-11-3-1-4-12-19)20-13-5-2-6-14-20/h1-18,25,27H,(H,31,32)(H,33,34)/t27-/m0/s1. The van der Waals surface area contributed by atoms with Crippen LogP contribution in [0, 0.1) is 0 Å². The fraction of sp³-hybridized carbons (Fsp3) is 0.0690. The third-order valence-electron chi connectivity index (χ3n) is 6.02. The first kappa shape index (κ1) is 21.3. The summed E-state index contributed by atoms with van der Waals surface area (Å²) in [5.74, 6) is -2.11. The van der Waals surface area contributed by atoms with Crippen molar-refractivity contribution in [3.8, 4) is 0 Å². The summed E-state index contributed by atoms with van der Waals surface area (Å²) in [5, 5.41) is 14.5. The van der Waals surface area contributed by atoms with E-state index in [1.807, 2.05) is 109 Å². The number of hydrogen-bond donors (Lipinski definition) is 2. The maximum Gasteiger partial charge on any atom is 0.327 e. The Bertz CT molecular complexity index is 1390. The van der Waals surface area contributed by atoms with Crippen molar-refractivity contribution in [2.45, 2.75) is 12.0 Å². The summed E-state index contributed by atoms with van der Waals surface area (Å²) in [4.78, 5) is 31.0. The molecule has 1 heterocycles. The van der Waals surface area contributed by atoms with Crippen molar-refractivity contribution in [3.05, 3.63) is 126 Å². The maximum atomic E-state index is 13.8. The van der Waals surface area contributed by atoms with Gasteiger partial charge in [-0.15, -0.1) is 0 Å². The molecule has 0 fully saturated rings. The number of carbonyl (C=O) groups is 2. The van der Waals surface area contributed by atoms with Crippen molar-refractivity contribution in [1.82, 2.24) is 10.3 Å². The number of carboxylic acids is 1. The second-order valence-corrected chi connectivity index (χ2v) is 8.11. The Morgan fingerprint density at radius 1 is 0.647 bits per heavy atom. The highest BCUT2D eigenvalue weighted by atomic mass is 16.4. The zero-order valence-electron chi connectivity index (χ0n) is 18.3. The van der Waals surface area contributed by atoms with Gasteiger partial charge in [-0.3, -0.25) is 4.79 Å². The van der Waals surface area contributed by atoms with Crippen LogP contribution < -0.4 is 5.32 Å². The van der Waals surface area contributed by atoms with E-state index in [1.54, 1.807) is 0 Å². The number of para-hydroxylation sites is 2. The van der Waals surface area contributed by atoms with Gasteiger partial charge in [0.05, 0.1) is 16.6 Å². The summed E-state index contributed by atoms with van der Waals surface area (Å²) < 4.78 is 0. The van der Waals surface area contributed by atoms with Crippen molar-refractivity contribution >= 4 is 33.7 Å². The third kappa shape index (κ3) is 3.99. The zero-order valence-corrected chi connectivity index (χ0v) is 18.3. The van der Waals surface area contributed by atoms with Crippen LogP contribution in [0.4, 0.5) is 0 Å². The molecule has 1 aromatic heterocycles. The Morgan fingerprint density at radius 3 is 1.56 bits per heavy atom. The molecule has 1 atom stereocenters. The highest BCUT2D eigenvalue weighted by Gasteiger charge is 2.33. The number of aromatic nitrogens is 1. The van der Waals surface area contributed by atoms with Crippen LogP contribution in [0.15, 0.2) is 109 Å². The first-order valence-corrected chi connectivity index (χ1v) is 11.0. The Labute approximate surface area is 196 Å². The lowest BCUT2D eigenvalue weighted by Gasteiger charge is -2.26. The molecule has 166 valence electrons. The summed E-state index contributed by atoms with van der Waals surface area (Å²) >= 11 is 0. The number of nitrogens with one attached hydrogen (secondary N) is 1. The summed E-state index contributed by atoms with van der Waals surface area (Å²) in [6.07, 6.45) is 0. The molecule has 0 saturated heterocycles. The van der Waals surface area contributed by atoms with Gasteiger partial charge in [0, 0.05) is 16.7 Å². The molecule has 0 saturated carbocycles. The largest absolute Gasteiger partial charge is 0.480 e. The monoisotopic (exact) mass is 446 g/mol. The highest BCUT2D eigenvalue weighted by molar-refractivity contribution is 6.16. The number of rotatable bonds is 6. The molecule has 0 aliphatic heterocycles. The van der Waals surface area contributed by atoms with Gasteiger partial charge in [0.2, 0.25) is 0 Å². The van der Waals surface area contributed by atoms with Crippen molar-refractivity contribution in [2.75, 3.05) is 0 Å². The molecular weight excluding hydrogens is 424 g/mol. The third-order valence-corrected chi connectivity index (χ3v) is 6.02. The SMILES string of the molecule is O=C(N[C@H](C(=O)O)C(c1ccccc1)c1ccccc1)c1c2ccccc2nc2ccccc12. The second-order valence-electron chi connectivity index (χ2n) is 8.11. The molecule has 34 heavy (non-hydrogen) atoms. The van der Waals surface area contributed by atoms with Crippen LogP contribution in [0.25, 0.3) is 21.8 Å². The summed E-state index contributed by atoms with van der Waals surface area (Å²) in [6.45, 7) is 0. The number of benzene rings is 4. The Kier molecular flexibility index (Phi) is 5.75. The van der Waals surface area contributed by atoms with Gasteiger partial charge in [-0.05, 0) is 23.3 Å².